The Balaban J connectivity index is 1.84. The first-order valence-electron chi connectivity index (χ1n) is 6.93. The second-order valence-corrected chi connectivity index (χ2v) is 6.80. The molecule has 0 saturated heterocycles. The van der Waals surface area contributed by atoms with Gasteiger partial charge in [-0.1, -0.05) is 0 Å². The minimum Gasteiger partial charge on any atom is -0.348 e. The molecular weight excluding hydrogens is 254 g/mol. The van der Waals surface area contributed by atoms with Crippen LogP contribution in [0.3, 0.4) is 0 Å². The van der Waals surface area contributed by atoms with Crippen molar-refractivity contribution in [3.8, 4) is 0 Å². The minimum absolute atomic E-state index is 0.319. The lowest BCUT2D eigenvalue weighted by Crippen LogP contribution is -2.16. The Bertz CT molecular complexity index is 608. The molecule has 1 atom stereocenters. The molecule has 0 bridgehead atoms. The Morgan fingerprint density at radius 3 is 2.89 bits per heavy atom. The molecule has 0 amide bonds. The Kier molecular flexibility index (Phi) is 3.31. The summed E-state index contributed by atoms with van der Waals surface area (Å²) >= 11 is 1.87. The number of rotatable bonds is 3. The van der Waals surface area contributed by atoms with Crippen molar-refractivity contribution in [1.29, 1.82) is 0 Å². The van der Waals surface area contributed by atoms with Crippen LogP contribution in [0, 0.1) is 6.92 Å². The Morgan fingerprint density at radius 2 is 2.16 bits per heavy atom. The van der Waals surface area contributed by atoms with Crippen molar-refractivity contribution in [3.63, 3.8) is 0 Å². The molecule has 0 aliphatic heterocycles. The molecule has 2 heterocycles. The fourth-order valence-corrected chi connectivity index (χ4v) is 3.96. The van der Waals surface area contributed by atoms with E-state index in [1.165, 1.54) is 15.4 Å². The maximum atomic E-state index is 11.9. The van der Waals surface area contributed by atoms with Crippen LogP contribution in [0.5, 0.6) is 0 Å². The molecule has 0 saturated carbocycles. The summed E-state index contributed by atoms with van der Waals surface area (Å²) in [5, 5.41) is 0. The Labute approximate surface area is 118 Å². The number of carbonyl (C=O) groups excluding carboxylic acids is 1. The maximum absolute atomic E-state index is 11.9. The molecular formula is C16H19NOS. The lowest BCUT2D eigenvalue weighted by Gasteiger charge is -2.20. The number of ketones is 1. The number of hydrogen-bond acceptors (Lipinski definition) is 2. The number of hydrogen-bond donors (Lipinski definition) is 0. The summed E-state index contributed by atoms with van der Waals surface area (Å²) in [7, 11) is 0. The predicted molar refractivity (Wildman–Crippen MR) is 79.2 cm³/mol. The summed E-state index contributed by atoms with van der Waals surface area (Å²) in [6.07, 6.45) is 5.91. The third-order valence-corrected chi connectivity index (χ3v) is 4.93. The number of nitrogens with zero attached hydrogens (tertiary/aromatic N) is 1. The summed E-state index contributed by atoms with van der Waals surface area (Å²) in [4.78, 5) is 14.7. The van der Waals surface area contributed by atoms with Gasteiger partial charge in [0.05, 0.1) is 0 Å². The van der Waals surface area contributed by atoms with E-state index in [1.54, 1.807) is 0 Å². The van der Waals surface area contributed by atoms with Gasteiger partial charge in [0.15, 0.2) is 5.78 Å². The minimum atomic E-state index is 0.319. The van der Waals surface area contributed by atoms with Crippen molar-refractivity contribution in [1.82, 2.24) is 4.57 Å². The highest BCUT2D eigenvalue weighted by molar-refractivity contribution is 7.11. The summed E-state index contributed by atoms with van der Waals surface area (Å²) in [6.45, 7) is 4.39. The number of aromatic nitrogens is 1. The molecule has 1 aliphatic carbocycles. The second kappa shape index (κ2) is 4.97. The van der Waals surface area contributed by atoms with Gasteiger partial charge >= 0.3 is 0 Å². The SMILES string of the molecule is Cc1ccc(CC(C)n2ccc3c2CCCC3=O)s1. The van der Waals surface area contributed by atoms with Crippen molar-refractivity contribution in [2.75, 3.05) is 0 Å². The van der Waals surface area contributed by atoms with E-state index in [1.807, 2.05) is 17.4 Å². The average Bonchev–Trinajstić information content (AvgIpc) is 2.96. The molecule has 1 aliphatic rings. The zero-order valence-corrected chi connectivity index (χ0v) is 12.3. The molecule has 0 aromatic carbocycles. The van der Waals surface area contributed by atoms with Gasteiger partial charge in [-0.2, -0.15) is 0 Å². The van der Waals surface area contributed by atoms with E-state index in [4.69, 9.17) is 0 Å². The fourth-order valence-electron chi connectivity index (χ4n) is 2.95. The van der Waals surface area contributed by atoms with Crippen molar-refractivity contribution in [3.05, 3.63) is 45.4 Å². The van der Waals surface area contributed by atoms with Gasteiger partial charge in [0, 0.05) is 46.1 Å². The lowest BCUT2D eigenvalue weighted by atomic mass is 9.96. The van der Waals surface area contributed by atoms with Crippen molar-refractivity contribution in [2.24, 2.45) is 0 Å². The van der Waals surface area contributed by atoms with Crippen LogP contribution in [0.2, 0.25) is 0 Å². The maximum Gasteiger partial charge on any atom is 0.164 e. The Morgan fingerprint density at radius 1 is 1.32 bits per heavy atom. The molecule has 19 heavy (non-hydrogen) atoms. The number of Topliss-reactive ketones (excluding diaryl/α,β-unsaturated/α-hetero) is 1. The normalized spacial score (nSPS) is 16.4. The predicted octanol–water partition coefficient (Wildman–Crippen LogP) is 4.18. The lowest BCUT2D eigenvalue weighted by molar-refractivity contribution is 0.0971. The summed E-state index contributed by atoms with van der Waals surface area (Å²) in [6, 6.07) is 6.83. The molecule has 100 valence electrons. The van der Waals surface area contributed by atoms with Gasteiger partial charge in [-0.3, -0.25) is 4.79 Å². The molecule has 0 fully saturated rings. The van der Waals surface area contributed by atoms with E-state index in [9.17, 15) is 4.79 Å². The van der Waals surface area contributed by atoms with Crippen LogP contribution >= 0.6 is 11.3 Å². The average molecular weight is 273 g/mol. The van der Waals surface area contributed by atoms with Gasteiger partial charge in [-0.25, -0.2) is 0 Å². The topological polar surface area (TPSA) is 22.0 Å². The highest BCUT2D eigenvalue weighted by Gasteiger charge is 2.22. The molecule has 3 rings (SSSR count). The van der Waals surface area contributed by atoms with Gasteiger partial charge in [0.25, 0.3) is 0 Å². The van der Waals surface area contributed by atoms with Crippen molar-refractivity contribution >= 4 is 17.1 Å². The first-order chi connectivity index (χ1) is 9.15. The van der Waals surface area contributed by atoms with Crippen LogP contribution in [0.4, 0.5) is 0 Å². The van der Waals surface area contributed by atoms with Gasteiger partial charge in [0.2, 0.25) is 0 Å². The fraction of sp³-hybridized carbons (Fsp3) is 0.438. The third kappa shape index (κ3) is 2.39. The quantitative estimate of drug-likeness (QED) is 0.822. The Hall–Kier alpha value is -1.35. The number of fused-ring (bicyclic) bond motifs is 1. The first kappa shape index (κ1) is 12.7. The van der Waals surface area contributed by atoms with E-state index in [0.717, 1.165) is 31.2 Å². The van der Waals surface area contributed by atoms with Gasteiger partial charge in [0.1, 0.15) is 0 Å². The van der Waals surface area contributed by atoms with Crippen LogP contribution in [-0.4, -0.2) is 10.4 Å². The standard InChI is InChI=1S/C16H19NOS/c1-11(10-13-7-6-12(2)19-13)17-9-8-14-15(17)4-3-5-16(14)18/h6-9,11H,3-5,10H2,1-2H3. The van der Waals surface area contributed by atoms with E-state index in [0.29, 0.717) is 11.8 Å². The van der Waals surface area contributed by atoms with Gasteiger partial charge in [-0.05, 0) is 44.9 Å². The smallest absolute Gasteiger partial charge is 0.164 e. The molecule has 1 unspecified atom stereocenters. The molecule has 2 nitrogen and oxygen atoms in total. The third-order valence-electron chi connectivity index (χ3n) is 3.91. The van der Waals surface area contributed by atoms with E-state index >= 15 is 0 Å². The zero-order valence-electron chi connectivity index (χ0n) is 11.5. The number of thiophene rings is 1. The molecule has 0 N–H and O–H groups in total. The molecule has 0 radical (unpaired) electrons. The second-order valence-electron chi connectivity index (χ2n) is 5.43. The summed E-state index contributed by atoms with van der Waals surface area (Å²) < 4.78 is 2.31. The van der Waals surface area contributed by atoms with E-state index in [2.05, 4.69) is 36.7 Å². The summed E-state index contributed by atoms with van der Waals surface area (Å²) in [5.74, 6) is 0.319. The van der Waals surface area contributed by atoms with Gasteiger partial charge in [-0.15, -0.1) is 11.3 Å². The van der Waals surface area contributed by atoms with Crippen LogP contribution in [0.25, 0.3) is 0 Å². The first-order valence-corrected chi connectivity index (χ1v) is 7.75. The van der Waals surface area contributed by atoms with Crippen molar-refractivity contribution < 1.29 is 4.79 Å². The summed E-state index contributed by atoms with van der Waals surface area (Å²) in [5.41, 5.74) is 2.21. The van der Waals surface area contributed by atoms with E-state index in [-0.39, 0.29) is 0 Å². The highest BCUT2D eigenvalue weighted by atomic mass is 32.1. The number of aryl methyl sites for hydroxylation is 1. The van der Waals surface area contributed by atoms with Crippen LogP contribution < -0.4 is 0 Å². The van der Waals surface area contributed by atoms with Gasteiger partial charge < -0.3 is 4.57 Å². The van der Waals surface area contributed by atoms with Crippen LogP contribution in [0.15, 0.2) is 24.4 Å². The molecule has 3 heteroatoms. The molecule has 0 spiro atoms. The zero-order chi connectivity index (χ0) is 13.4. The van der Waals surface area contributed by atoms with Crippen LogP contribution in [0.1, 0.15) is 51.6 Å². The highest BCUT2D eigenvalue weighted by Crippen LogP contribution is 2.28. The largest absolute Gasteiger partial charge is 0.348 e. The van der Waals surface area contributed by atoms with Crippen molar-refractivity contribution in [2.45, 2.75) is 45.6 Å². The molecule has 2 aromatic rings. The van der Waals surface area contributed by atoms with Crippen LogP contribution in [-0.2, 0) is 12.8 Å². The number of carbonyl (C=O) groups is 1. The monoisotopic (exact) mass is 273 g/mol. The molecule has 2 aromatic heterocycles. The van der Waals surface area contributed by atoms with E-state index < -0.39 is 0 Å².